The van der Waals surface area contributed by atoms with E-state index >= 15 is 0 Å². The number of hydrogen-bond donors (Lipinski definition) is 1. The summed E-state index contributed by atoms with van der Waals surface area (Å²) in [5.74, 6) is 2.19. The largest absolute Gasteiger partial charge is 0.460 e. The number of rotatable bonds is 5. The molecule has 0 unspecified atom stereocenters. The molecular formula is C14H18BrN3O. The van der Waals surface area contributed by atoms with Gasteiger partial charge < -0.3 is 9.73 Å². The topological polar surface area (TPSA) is 51.0 Å². The highest BCUT2D eigenvalue weighted by atomic mass is 79.9. The van der Waals surface area contributed by atoms with Crippen LogP contribution < -0.4 is 5.32 Å². The fourth-order valence-electron chi connectivity index (χ4n) is 1.88. The van der Waals surface area contributed by atoms with E-state index in [9.17, 15) is 0 Å². The summed E-state index contributed by atoms with van der Waals surface area (Å²) in [6, 6.07) is 1.85. The van der Waals surface area contributed by atoms with Gasteiger partial charge in [-0.15, -0.1) is 0 Å². The molecule has 2 rings (SSSR count). The van der Waals surface area contributed by atoms with Crippen molar-refractivity contribution in [1.82, 2.24) is 9.97 Å². The summed E-state index contributed by atoms with van der Waals surface area (Å²) in [5.41, 5.74) is 2.16. The molecule has 0 saturated heterocycles. The number of aryl methyl sites for hydroxylation is 1. The minimum Gasteiger partial charge on any atom is -0.460 e. The van der Waals surface area contributed by atoms with Gasteiger partial charge in [0.15, 0.2) is 11.6 Å². The molecule has 0 aromatic carbocycles. The van der Waals surface area contributed by atoms with E-state index in [1.54, 1.807) is 6.26 Å². The summed E-state index contributed by atoms with van der Waals surface area (Å²) in [6.45, 7) is 7.19. The SMILES string of the molecule is CCCNc1nc(-c2occc2Br)nc(CC)c1C. The highest BCUT2D eigenvalue weighted by molar-refractivity contribution is 9.10. The molecule has 0 spiro atoms. The van der Waals surface area contributed by atoms with Gasteiger partial charge in [-0.3, -0.25) is 0 Å². The lowest BCUT2D eigenvalue weighted by Gasteiger charge is -2.12. The summed E-state index contributed by atoms with van der Waals surface area (Å²) in [4.78, 5) is 9.16. The molecule has 0 saturated carbocycles. The van der Waals surface area contributed by atoms with E-state index in [4.69, 9.17) is 4.42 Å². The molecule has 0 atom stereocenters. The molecule has 102 valence electrons. The van der Waals surface area contributed by atoms with Crippen LogP contribution in [0.5, 0.6) is 0 Å². The standard InChI is InChI=1S/C14H18BrN3O/c1-4-7-16-13-9(3)11(5-2)17-14(18-13)12-10(15)6-8-19-12/h6,8H,4-5,7H2,1-3H3,(H,16,17,18). The predicted molar refractivity (Wildman–Crippen MR) is 80.3 cm³/mol. The second-order valence-corrected chi connectivity index (χ2v) is 5.20. The number of nitrogens with one attached hydrogen (secondary N) is 1. The van der Waals surface area contributed by atoms with E-state index in [0.29, 0.717) is 11.6 Å². The van der Waals surface area contributed by atoms with Gasteiger partial charge >= 0.3 is 0 Å². The minimum atomic E-state index is 0.623. The molecule has 5 heteroatoms. The molecule has 4 nitrogen and oxygen atoms in total. The van der Waals surface area contributed by atoms with Gasteiger partial charge in [0, 0.05) is 17.8 Å². The molecule has 0 amide bonds. The van der Waals surface area contributed by atoms with Crippen molar-refractivity contribution in [1.29, 1.82) is 0 Å². The first-order chi connectivity index (χ1) is 9.17. The maximum Gasteiger partial charge on any atom is 0.199 e. The maximum absolute atomic E-state index is 5.45. The third kappa shape index (κ3) is 2.97. The van der Waals surface area contributed by atoms with Gasteiger partial charge in [0.25, 0.3) is 0 Å². The van der Waals surface area contributed by atoms with E-state index in [0.717, 1.165) is 40.9 Å². The van der Waals surface area contributed by atoms with Gasteiger partial charge in [0.1, 0.15) is 5.82 Å². The Morgan fingerprint density at radius 3 is 2.68 bits per heavy atom. The first-order valence-electron chi connectivity index (χ1n) is 6.52. The summed E-state index contributed by atoms with van der Waals surface area (Å²) in [5, 5.41) is 3.35. The Kier molecular flexibility index (Phi) is 4.58. The molecule has 2 aromatic heterocycles. The van der Waals surface area contributed by atoms with E-state index < -0.39 is 0 Å². The first kappa shape index (κ1) is 14.1. The van der Waals surface area contributed by atoms with Crippen LogP contribution in [-0.2, 0) is 6.42 Å². The summed E-state index contributed by atoms with van der Waals surface area (Å²) in [6.07, 6.45) is 3.57. The Bertz CT molecular complexity index is 566. The lowest BCUT2D eigenvalue weighted by molar-refractivity contribution is 0.575. The van der Waals surface area contributed by atoms with Gasteiger partial charge in [0.2, 0.25) is 0 Å². The number of anilines is 1. The monoisotopic (exact) mass is 323 g/mol. The van der Waals surface area contributed by atoms with Crippen LogP contribution in [0.4, 0.5) is 5.82 Å². The van der Waals surface area contributed by atoms with Crippen LogP contribution in [0.2, 0.25) is 0 Å². The van der Waals surface area contributed by atoms with E-state index in [-0.39, 0.29) is 0 Å². The Balaban J connectivity index is 2.47. The third-order valence-electron chi connectivity index (χ3n) is 2.94. The molecule has 0 aliphatic carbocycles. The zero-order valence-corrected chi connectivity index (χ0v) is 13.0. The van der Waals surface area contributed by atoms with Crippen LogP contribution in [0.25, 0.3) is 11.6 Å². The molecule has 1 N–H and O–H groups in total. The molecule has 2 aromatic rings. The summed E-state index contributed by atoms with van der Waals surface area (Å²) in [7, 11) is 0. The number of nitrogens with zero attached hydrogens (tertiary/aromatic N) is 2. The third-order valence-corrected chi connectivity index (χ3v) is 3.57. The van der Waals surface area contributed by atoms with Gasteiger partial charge in [-0.05, 0) is 41.8 Å². The molecule has 2 heterocycles. The van der Waals surface area contributed by atoms with Gasteiger partial charge in [0.05, 0.1) is 10.7 Å². The van der Waals surface area contributed by atoms with Crippen molar-refractivity contribution in [3.63, 3.8) is 0 Å². The summed E-state index contributed by atoms with van der Waals surface area (Å²) < 4.78 is 6.32. The molecule has 0 fully saturated rings. The van der Waals surface area contributed by atoms with Crippen LogP contribution in [-0.4, -0.2) is 16.5 Å². The number of hydrogen-bond acceptors (Lipinski definition) is 4. The Hall–Kier alpha value is -1.36. The van der Waals surface area contributed by atoms with Crippen molar-refractivity contribution >= 4 is 21.7 Å². The fourth-order valence-corrected chi connectivity index (χ4v) is 2.26. The van der Waals surface area contributed by atoms with Crippen molar-refractivity contribution in [3.05, 3.63) is 28.1 Å². The van der Waals surface area contributed by atoms with Gasteiger partial charge in [-0.25, -0.2) is 9.97 Å². The molecule has 0 radical (unpaired) electrons. The van der Waals surface area contributed by atoms with Crippen molar-refractivity contribution in [2.75, 3.05) is 11.9 Å². The Morgan fingerprint density at radius 2 is 2.11 bits per heavy atom. The number of halogens is 1. The zero-order chi connectivity index (χ0) is 13.8. The maximum atomic E-state index is 5.45. The lowest BCUT2D eigenvalue weighted by Crippen LogP contribution is -2.08. The van der Waals surface area contributed by atoms with Gasteiger partial charge in [-0.1, -0.05) is 13.8 Å². The van der Waals surface area contributed by atoms with E-state index in [1.165, 1.54) is 0 Å². The molecule has 19 heavy (non-hydrogen) atoms. The smallest absolute Gasteiger partial charge is 0.199 e. The molecular weight excluding hydrogens is 306 g/mol. The first-order valence-corrected chi connectivity index (χ1v) is 7.31. The van der Waals surface area contributed by atoms with Crippen LogP contribution in [0.3, 0.4) is 0 Å². The second-order valence-electron chi connectivity index (χ2n) is 4.35. The van der Waals surface area contributed by atoms with E-state index in [2.05, 4.69) is 52.0 Å². The Morgan fingerprint density at radius 1 is 1.32 bits per heavy atom. The fraction of sp³-hybridized carbons (Fsp3) is 0.429. The predicted octanol–water partition coefficient (Wildman–Crippen LogP) is 4.19. The average Bonchev–Trinajstić information content (AvgIpc) is 2.84. The highest BCUT2D eigenvalue weighted by Crippen LogP contribution is 2.29. The molecule has 0 aliphatic heterocycles. The quantitative estimate of drug-likeness (QED) is 0.896. The van der Waals surface area contributed by atoms with Crippen LogP contribution >= 0.6 is 15.9 Å². The highest BCUT2D eigenvalue weighted by Gasteiger charge is 2.15. The molecule has 0 bridgehead atoms. The van der Waals surface area contributed by atoms with Crippen molar-refractivity contribution in [3.8, 4) is 11.6 Å². The number of furan rings is 1. The molecule has 0 aliphatic rings. The van der Waals surface area contributed by atoms with Crippen LogP contribution in [0.15, 0.2) is 21.2 Å². The lowest BCUT2D eigenvalue weighted by atomic mass is 10.2. The average molecular weight is 324 g/mol. The second kappa shape index (κ2) is 6.19. The Labute approximate surface area is 121 Å². The number of aromatic nitrogens is 2. The van der Waals surface area contributed by atoms with Crippen molar-refractivity contribution < 1.29 is 4.42 Å². The normalized spacial score (nSPS) is 10.7. The van der Waals surface area contributed by atoms with Crippen LogP contribution in [0.1, 0.15) is 31.5 Å². The van der Waals surface area contributed by atoms with Crippen LogP contribution in [0, 0.1) is 6.92 Å². The summed E-state index contributed by atoms with van der Waals surface area (Å²) >= 11 is 3.45. The van der Waals surface area contributed by atoms with Crippen molar-refractivity contribution in [2.45, 2.75) is 33.6 Å². The zero-order valence-electron chi connectivity index (χ0n) is 11.5. The van der Waals surface area contributed by atoms with E-state index in [1.807, 2.05) is 6.07 Å². The van der Waals surface area contributed by atoms with Crippen molar-refractivity contribution in [2.24, 2.45) is 0 Å². The minimum absolute atomic E-state index is 0.623. The van der Waals surface area contributed by atoms with Gasteiger partial charge in [-0.2, -0.15) is 0 Å².